The molecular weight excluding hydrogens is 414 g/mol. The molecule has 0 radical (unpaired) electrons. The zero-order valence-corrected chi connectivity index (χ0v) is 17.6. The van der Waals surface area contributed by atoms with Gasteiger partial charge in [0.25, 0.3) is 0 Å². The average Bonchev–Trinajstić information content (AvgIpc) is 3.33. The molecule has 0 unspecified atom stereocenters. The van der Waals surface area contributed by atoms with Crippen LogP contribution in [0.4, 0.5) is 0 Å². The van der Waals surface area contributed by atoms with Crippen LogP contribution in [0.1, 0.15) is 0 Å². The van der Waals surface area contributed by atoms with Gasteiger partial charge in [-0.3, -0.25) is 0 Å². The molecular formula is C25H14ClNS2. The minimum absolute atomic E-state index is 0.773. The quantitative estimate of drug-likeness (QED) is 0.269. The lowest BCUT2D eigenvalue weighted by Gasteiger charge is -2.02. The number of benzene rings is 4. The van der Waals surface area contributed by atoms with Crippen molar-refractivity contribution in [2.75, 3.05) is 0 Å². The van der Waals surface area contributed by atoms with Gasteiger partial charge < -0.3 is 0 Å². The van der Waals surface area contributed by atoms with Gasteiger partial charge in [-0.05, 0) is 41.5 Å². The van der Waals surface area contributed by atoms with Crippen LogP contribution in [-0.2, 0) is 0 Å². The van der Waals surface area contributed by atoms with E-state index < -0.39 is 0 Å². The van der Waals surface area contributed by atoms with Gasteiger partial charge in [-0.15, -0.1) is 22.7 Å². The van der Waals surface area contributed by atoms with E-state index in [1.54, 1.807) is 11.3 Å². The van der Waals surface area contributed by atoms with Crippen LogP contribution in [0.5, 0.6) is 0 Å². The maximum atomic E-state index is 6.23. The fourth-order valence-corrected chi connectivity index (χ4v) is 6.08. The summed E-state index contributed by atoms with van der Waals surface area (Å²) in [5, 5.41) is 4.27. The fourth-order valence-electron chi connectivity index (χ4n) is 3.73. The van der Waals surface area contributed by atoms with Gasteiger partial charge in [0.2, 0.25) is 0 Å². The molecule has 0 saturated carbocycles. The highest BCUT2D eigenvalue weighted by molar-refractivity contribution is 7.26. The van der Waals surface area contributed by atoms with Crippen molar-refractivity contribution in [3.8, 4) is 21.7 Å². The van der Waals surface area contributed by atoms with Crippen molar-refractivity contribution in [2.45, 2.75) is 0 Å². The maximum absolute atomic E-state index is 6.23. The second-order valence-corrected chi connectivity index (χ2v) is 9.57. The first-order chi connectivity index (χ1) is 14.2. The van der Waals surface area contributed by atoms with Crippen molar-refractivity contribution in [2.24, 2.45) is 0 Å². The minimum Gasteiger partial charge on any atom is -0.236 e. The summed E-state index contributed by atoms with van der Waals surface area (Å²) in [6.07, 6.45) is 0. The second kappa shape index (κ2) is 6.67. The summed E-state index contributed by atoms with van der Waals surface area (Å²) >= 11 is 9.79. The van der Waals surface area contributed by atoms with Crippen molar-refractivity contribution in [1.29, 1.82) is 0 Å². The SMILES string of the molecule is Clc1ccc2sc3cc4sc(-c5ccc(-c6ccccc6)cc5)nc4cc3c2c1. The molecule has 0 amide bonds. The second-order valence-electron chi connectivity index (χ2n) is 7.02. The van der Waals surface area contributed by atoms with Gasteiger partial charge in [-0.25, -0.2) is 4.98 Å². The first-order valence-electron chi connectivity index (χ1n) is 9.33. The third-order valence-corrected chi connectivity index (χ3v) is 7.62. The van der Waals surface area contributed by atoms with E-state index >= 15 is 0 Å². The third-order valence-electron chi connectivity index (χ3n) is 5.18. The van der Waals surface area contributed by atoms with E-state index in [1.165, 1.54) is 36.0 Å². The number of hydrogen-bond donors (Lipinski definition) is 0. The maximum Gasteiger partial charge on any atom is 0.124 e. The van der Waals surface area contributed by atoms with Gasteiger partial charge in [-0.1, -0.05) is 66.2 Å². The van der Waals surface area contributed by atoms with E-state index in [4.69, 9.17) is 16.6 Å². The van der Waals surface area contributed by atoms with E-state index in [-0.39, 0.29) is 0 Å². The molecule has 4 heteroatoms. The van der Waals surface area contributed by atoms with E-state index in [0.717, 1.165) is 21.1 Å². The lowest BCUT2D eigenvalue weighted by molar-refractivity contribution is 1.48. The first-order valence-corrected chi connectivity index (χ1v) is 11.3. The van der Waals surface area contributed by atoms with Crippen molar-refractivity contribution in [1.82, 2.24) is 4.98 Å². The predicted molar refractivity (Wildman–Crippen MR) is 128 cm³/mol. The Morgan fingerprint density at radius 3 is 2.14 bits per heavy atom. The molecule has 0 aliphatic heterocycles. The summed E-state index contributed by atoms with van der Waals surface area (Å²) < 4.78 is 3.76. The number of nitrogens with zero attached hydrogens (tertiary/aromatic N) is 1. The van der Waals surface area contributed by atoms with Crippen molar-refractivity contribution in [3.05, 3.63) is 90.0 Å². The Kier molecular flexibility index (Phi) is 3.95. The van der Waals surface area contributed by atoms with E-state index in [1.807, 2.05) is 23.5 Å². The molecule has 2 heterocycles. The topological polar surface area (TPSA) is 12.9 Å². The molecule has 0 aliphatic rings. The highest BCUT2D eigenvalue weighted by atomic mass is 35.5. The van der Waals surface area contributed by atoms with Crippen molar-refractivity contribution in [3.63, 3.8) is 0 Å². The Hall–Kier alpha value is -2.72. The lowest BCUT2D eigenvalue weighted by atomic mass is 10.0. The number of fused-ring (bicyclic) bond motifs is 4. The van der Waals surface area contributed by atoms with Crippen molar-refractivity contribution < 1.29 is 0 Å². The number of aromatic nitrogens is 1. The molecule has 0 N–H and O–H groups in total. The third kappa shape index (κ3) is 2.94. The van der Waals surface area contributed by atoms with Gasteiger partial charge in [0.05, 0.1) is 10.2 Å². The van der Waals surface area contributed by atoms with Gasteiger partial charge in [0.1, 0.15) is 5.01 Å². The molecule has 2 aromatic heterocycles. The van der Waals surface area contributed by atoms with Crippen LogP contribution in [0.3, 0.4) is 0 Å². The summed E-state index contributed by atoms with van der Waals surface area (Å²) in [7, 11) is 0. The van der Waals surface area contributed by atoms with Crippen LogP contribution in [0, 0.1) is 0 Å². The van der Waals surface area contributed by atoms with Crippen LogP contribution in [0.25, 0.3) is 52.1 Å². The van der Waals surface area contributed by atoms with Gasteiger partial charge in [0.15, 0.2) is 0 Å². The molecule has 0 bridgehead atoms. The Labute approximate surface area is 180 Å². The summed E-state index contributed by atoms with van der Waals surface area (Å²) in [5.41, 5.74) is 4.65. The molecule has 1 nitrogen and oxygen atoms in total. The lowest BCUT2D eigenvalue weighted by Crippen LogP contribution is -1.79. The summed E-state index contributed by atoms with van der Waals surface area (Å²) in [6.45, 7) is 0. The molecule has 6 aromatic rings. The Balaban J connectivity index is 1.45. The van der Waals surface area contributed by atoms with Crippen LogP contribution in [0.2, 0.25) is 5.02 Å². The summed E-state index contributed by atoms with van der Waals surface area (Å²) in [5.74, 6) is 0. The average molecular weight is 428 g/mol. The van der Waals surface area contributed by atoms with Crippen LogP contribution in [-0.4, -0.2) is 4.98 Å². The van der Waals surface area contributed by atoms with Gasteiger partial charge in [-0.2, -0.15) is 0 Å². The summed E-state index contributed by atoms with van der Waals surface area (Å²) in [4.78, 5) is 4.93. The zero-order valence-electron chi connectivity index (χ0n) is 15.2. The van der Waals surface area contributed by atoms with E-state index in [0.29, 0.717) is 0 Å². The minimum atomic E-state index is 0.773. The molecule has 138 valence electrons. The number of thiazole rings is 1. The molecule has 0 spiro atoms. The molecule has 6 rings (SSSR count). The highest BCUT2D eigenvalue weighted by Gasteiger charge is 2.12. The summed E-state index contributed by atoms with van der Waals surface area (Å²) in [6, 6.07) is 29.7. The van der Waals surface area contributed by atoms with Crippen LogP contribution >= 0.6 is 34.3 Å². The fraction of sp³-hybridized carbons (Fsp3) is 0. The molecule has 29 heavy (non-hydrogen) atoms. The molecule has 0 atom stereocenters. The van der Waals surface area contributed by atoms with Crippen molar-refractivity contribution >= 4 is 64.7 Å². The zero-order chi connectivity index (χ0) is 19.4. The Morgan fingerprint density at radius 2 is 1.31 bits per heavy atom. The molecule has 0 saturated heterocycles. The molecule has 4 aromatic carbocycles. The molecule has 0 fully saturated rings. The first kappa shape index (κ1) is 17.2. The predicted octanol–water partition coefficient (Wildman–Crippen LogP) is 8.65. The van der Waals surface area contributed by atoms with Crippen LogP contribution < -0.4 is 0 Å². The monoisotopic (exact) mass is 427 g/mol. The normalized spacial score (nSPS) is 11.6. The highest BCUT2D eigenvalue weighted by Crippen LogP contribution is 2.40. The van der Waals surface area contributed by atoms with Gasteiger partial charge >= 0.3 is 0 Å². The Bertz CT molecular complexity index is 1500. The van der Waals surface area contributed by atoms with Crippen LogP contribution in [0.15, 0.2) is 84.9 Å². The number of hydrogen-bond acceptors (Lipinski definition) is 3. The standard InChI is InChI=1S/C25H14ClNS2/c26-18-10-11-22-19(12-18)20-13-21-24(14-23(20)28-22)29-25(27-21)17-8-6-16(7-9-17)15-4-2-1-3-5-15/h1-14H. The van der Waals surface area contributed by atoms with E-state index in [9.17, 15) is 0 Å². The van der Waals surface area contributed by atoms with E-state index in [2.05, 4.69) is 72.8 Å². The Morgan fingerprint density at radius 1 is 0.586 bits per heavy atom. The smallest absolute Gasteiger partial charge is 0.124 e. The van der Waals surface area contributed by atoms with Gasteiger partial charge in [0, 0.05) is 30.8 Å². The number of halogens is 1. The number of rotatable bonds is 2. The largest absolute Gasteiger partial charge is 0.236 e. The molecule has 0 aliphatic carbocycles. The number of thiophene rings is 1.